The molecular weight excluding hydrogens is 330 g/mol. The van der Waals surface area contributed by atoms with Gasteiger partial charge in [0, 0.05) is 17.6 Å². The molecule has 3 rings (SSSR count). The minimum absolute atomic E-state index is 0.217. The van der Waals surface area contributed by atoms with Crippen LogP contribution in [0.5, 0.6) is 5.75 Å². The summed E-state index contributed by atoms with van der Waals surface area (Å²) in [5, 5.41) is 14.7. The van der Waals surface area contributed by atoms with Gasteiger partial charge in [0.05, 0.1) is 18.7 Å². The van der Waals surface area contributed by atoms with Gasteiger partial charge in [-0.05, 0) is 48.5 Å². The summed E-state index contributed by atoms with van der Waals surface area (Å²) in [5.74, 6) is 0.616. The van der Waals surface area contributed by atoms with Crippen LogP contribution >= 0.6 is 0 Å². The molecular formula is C19H15N5O2. The number of rotatable bonds is 5. The third-order valence-electron chi connectivity index (χ3n) is 3.48. The van der Waals surface area contributed by atoms with Crippen LogP contribution in [-0.4, -0.2) is 23.0 Å². The first-order valence-electron chi connectivity index (χ1n) is 7.73. The SMILES string of the molecule is COc1ccc(NC(=O)c2ccnc(Nc3cccc(C#N)c3)n2)cc1. The van der Waals surface area contributed by atoms with Gasteiger partial charge in [-0.15, -0.1) is 0 Å². The number of hydrogen-bond acceptors (Lipinski definition) is 6. The third-order valence-corrected chi connectivity index (χ3v) is 3.48. The monoisotopic (exact) mass is 345 g/mol. The Hall–Kier alpha value is -3.92. The number of benzene rings is 2. The highest BCUT2D eigenvalue weighted by atomic mass is 16.5. The number of carbonyl (C=O) groups is 1. The first-order chi connectivity index (χ1) is 12.7. The smallest absolute Gasteiger partial charge is 0.274 e. The summed E-state index contributed by atoms with van der Waals surface area (Å²) in [6.45, 7) is 0. The van der Waals surface area contributed by atoms with Gasteiger partial charge in [0.15, 0.2) is 0 Å². The van der Waals surface area contributed by atoms with E-state index < -0.39 is 0 Å². The standard InChI is InChI=1S/C19H15N5O2/c1-26-16-7-5-14(6-8-16)22-18(25)17-9-10-21-19(24-17)23-15-4-2-3-13(11-15)12-20/h2-11H,1H3,(H,22,25)(H,21,23,24). The van der Waals surface area contributed by atoms with E-state index in [9.17, 15) is 4.79 Å². The Kier molecular flexibility index (Phi) is 5.05. The number of hydrogen-bond donors (Lipinski definition) is 2. The molecule has 1 heterocycles. The fraction of sp³-hybridized carbons (Fsp3) is 0.0526. The Morgan fingerprint density at radius 2 is 1.92 bits per heavy atom. The molecule has 1 aromatic heterocycles. The topological polar surface area (TPSA) is 99.9 Å². The molecule has 0 saturated carbocycles. The molecule has 0 aliphatic rings. The predicted octanol–water partition coefficient (Wildman–Crippen LogP) is 3.35. The van der Waals surface area contributed by atoms with Crippen LogP contribution in [0.4, 0.5) is 17.3 Å². The lowest BCUT2D eigenvalue weighted by Gasteiger charge is -2.08. The summed E-state index contributed by atoms with van der Waals surface area (Å²) in [5.41, 5.74) is 2.03. The number of aromatic nitrogens is 2. The van der Waals surface area contributed by atoms with Gasteiger partial charge in [0.25, 0.3) is 5.91 Å². The van der Waals surface area contributed by atoms with Gasteiger partial charge >= 0.3 is 0 Å². The third kappa shape index (κ3) is 4.13. The normalized spacial score (nSPS) is 9.85. The molecule has 128 valence electrons. The maximum absolute atomic E-state index is 12.4. The molecule has 7 nitrogen and oxygen atoms in total. The second-order valence-electron chi connectivity index (χ2n) is 5.27. The summed E-state index contributed by atoms with van der Waals surface area (Å²) < 4.78 is 5.09. The van der Waals surface area contributed by atoms with Crippen molar-refractivity contribution in [1.29, 1.82) is 5.26 Å². The molecule has 0 fully saturated rings. The molecule has 0 bridgehead atoms. The van der Waals surface area contributed by atoms with Crippen LogP contribution < -0.4 is 15.4 Å². The van der Waals surface area contributed by atoms with Crippen molar-refractivity contribution in [1.82, 2.24) is 9.97 Å². The largest absolute Gasteiger partial charge is 0.497 e. The van der Waals surface area contributed by atoms with E-state index in [4.69, 9.17) is 10.00 Å². The van der Waals surface area contributed by atoms with Crippen molar-refractivity contribution in [2.24, 2.45) is 0 Å². The molecule has 0 radical (unpaired) electrons. The first-order valence-corrected chi connectivity index (χ1v) is 7.73. The molecule has 0 spiro atoms. The molecule has 1 amide bonds. The number of nitrogens with zero attached hydrogens (tertiary/aromatic N) is 3. The van der Waals surface area contributed by atoms with Crippen LogP contribution in [0.25, 0.3) is 0 Å². The maximum Gasteiger partial charge on any atom is 0.274 e. The highest BCUT2D eigenvalue weighted by molar-refractivity contribution is 6.03. The van der Waals surface area contributed by atoms with Crippen LogP contribution in [0.1, 0.15) is 16.1 Å². The Balaban J connectivity index is 1.73. The predicted molar refractivity (Wildman–Crippen MR) is 97.4 cm³/mol. The Bertz CT molecular complexity index is 964. The minimum Gasteiger partial charge on any atom is -0.497 e. The van der Waals surface area contributed by atoms with E-state index in [-0.39, 0.29) is 17.5 Å². The summed E-state index contributed by atoms with van der Waals surface area (Å²) in [7, 11) is 1.58. The highest BCUT2D eigenvalue weighted by Crippen LogP contribution is 2.17. The van der Waals surface area contributed by atoms with Crippen LogP contribution in [0, 0.1) is 11.3 Å². The molecule has 2 N–H and O–H groups in total. The molecule has 26 heavy (non-hydrogen) atoms. The molecule has 0 aliphatic carbocycles. The summed E-state index contributed by atoms with van der Waals surface area (Å²) in [6.07, 6.45) is 1.49. The maximum atomic E-state index is 12.4. The van der Waals surface area contributed by atoms with Crippen molar-refractivity contribution in [3.05, 3.63) is 72.1 Å². The van der Waals surface area contributed by atoms with E-state index in [2.05, 4.69) is 26.7 Å². The zero-order chi connectivity index (χ0) is 18.4. The van der Waals surface area contributed by atoms with Gasteiger partial charge in [-0.25, -0.2) is 9.97 Å². The lowest BCUT2D eigenvalue weighted by atomic mass is 10.2. The van der Waals surface area contributed by atoms with E-state index in [1.54, 1.807) is 55.6 Å². The molecule has 0 atom stereocenters. The Labute approximate surface area is 150 Å². The van der Waals surface area contributed by atoms with Gasteiger partial charge in [0.1, 0.15) is 11.4 Å². The van der Waals surface area contributed by atoms with E-state index >= 15 is 0 Å². The van der Waals surface area contributed by atoms with Crippen LogP contribution in [0.3, 0.4) is 0 Å². The number of nitrogens with one attached hydrogen (secondary N) is 2. The van der Waals surface area contributed by atoms with Crippen LogP contribution in [0.2, 0.25) is 0 Å². The van der Waals surface area contributed by atoms with Gasteiger partial charge in [-0.2, -0.15) is 5.26 Å². The molecule has 3 aromatic rings. The van der Waals surface area contributed by atoms with Gasteiger partial charge in [-0.1, -0.05) is 6.07 Å². The molecule has 2 aromatic carbocycles. The van der Waals surface area contributed by atoms with E-state index in [0.717, 1.165) is 0 Å². The molecule has 7 heteroatoms. The van der Waals surface area contributed by atoms with Crippen molar-refractivity contribution in [3.63, 3.8) is 0 Å². The average molecular weight is 345 g/mol. The van der Waals surface area contributed by atoms with Crippen LogP contribution in [0.15, 0.2) is 60.8 Å². The number of anilines is 3. The molecule has 0 saturated heterocycles. The van der Waals surface area contributed by atoms with Crippen molar-refractivity contribution in [2.45, 2.75) is 0 Å². The Morgan fingerprint density at radius 1 is 1.12 bits per heavy atom. The molecule has 0 aliphatic heterocycles. The first kappa shape index (κ1) is 16.9. The van der Waals surface area contributed by atoms with Crippen LogP contribution in [-0.2, 0) is 0 Å². The lowest BCUT2D eigenvalue weighted by Crippen LogP contribution is -2.14. The number of carbonyl (C=O) groups excluding carboxylic acids is 1. The summed E-state index contributed by atoms with van der Waals surface area (Å²) in [6, 6.07) is 17.5. The fourth-order valence-electron chi connectivity index (χ4n) is 2.21. The number of methoxy groups -OCH3 is 1. The zero-order valence-corrected chi connectivity index (χ0v) is 13.9. The minimum atomic E-state index is -0.355. The van der Waals surface area contributed by atoms with Crippen molar-refractivity contribution >= 4 is 23.2 Å². The van der Waals surface area contributed by atoms with Gasteiger partial charge in [-0.3, -0.25) is 4.79 Å². The average Bonchev–Trinajstić information content (AvgIpc) is 2.69. The van der Waals surface area contributed by atoms with E-state index in [0.29, 0.717) is 22.7 Å². The van der Waals surface area contributed by atoms with Crippen molar-refractivity contribution in [3.8, 4) is 11.8 Å². The highest BCUT2D eigenvalue weighted by Gasteiger charge is 2.10. The van der Waals surface area contributed by atoms with Gasteiger partial charge in [0.2, 0.25) is 5.95 Å². The van der Waals surface area contributed by atoms with E-state index in [1.165, 1.54) is 12.3 Å². The second kappa shape index (κ2) is 7.77. The van der Waals surface area contributed by atoms with Gasteiger partial charge < -0.3 is 15.4 Å². The number of ether oxygens (including phenoxy) is 1. The van der Waals surface area contributed by atoms with Crippen molar-refractivity contribution < 1.29 is 9.53 Å². The molecule has 0 unspecified atom stereocenters. The Morgan fingerprint density at radius 3 is 2.65 bits per heavy atom. The second-order valence-corrected chi connectivity index (χ2v) is 5.27. The zero-order valence-electron chi connectivity index (χ0n) is 13.9. The summed E-state index contributed by atoms with van der Waals surface area (Å²) >= 11 is 0. The fourth-order valence-corrected chi connectivity index (χ4v) is 2.21. The lowest BCUT2D eigenvalue weighted by molar-refractivity contribution is 0.102. The number of nitriles is 1. The number of amides is 1. The quantitative estimate of drug-likeness (QED) is 0.735. The summed E-state index contributed by atoms with van der Waals surface area (Å²) in [4.78, 5) is 20.7. The van der Waals surface area contributed by atoms with E-state index in [1.807, 2.05) is 0 Å². The van der Waals surface area contributed by atoms with Crippen molar-refractivity contribution in [2.75, 3.05) is 17.7 Å².